The predicted molar refractivity (Wildman–Crippen MR) is 178 cm³/mol. The Morgan fingerprint density at radius 2 is 1.40 bits per heavy atom. The van der Waals surface area contributed by atoms with E-state index in [2.05, 4.69) is 21.3 Å². The van der Waals surface area contributed by atoms with E-state index in [0.717, 1.165) is 11.8 Å². The molecule has 14 nitrogen and oxygen atoms in total. The maximum atomic E-state index is 14.1. The van der Waals surface area contributed by atoms with E-state index in [-0.39, 0.29) is 0 Å². The predicted octanol–water partition coefficient (Wildman–Crippen LogP) is 0.555. The van der Waals surface area contributed by atoms with Crippen molar-refractivity contribution in [1.29, 1.82) is 0 Å². The Balaban J connectivity index is 1.40. The van der Waals surface area contributed by atoms with Crippen molar-refractivity contribution >= 4 is 59.1 Å². The van der Waals surface area contributed by atoms with Crippen LogP contribution in [0.25, 0.3) is 0 Å². The first kappa shape index (κ1) is 35.2. The second-order valence-electron chi connectivity index (χ2n) is 12.9. The van der Waals surface area contributed by atoms with Gasteiger partial charge in [-0.25, -0.2) is 4.79 Å². The number of hydrogen-bond acceptors (Lipinski definition) is 10. The SMILES string of the molecule is CC1(C)S[C@@H]2[C@H](NC(=O)[C@H](NC(=O)C(NC(=O)[C@H](N)c3ccccc3)[C@@H]3N[C@@H](C(=O)O)C(C)(C)S3)c3ccccc3)C(=O)N2C1C(=O)O. The second-order valence-corrected chi connectivity index (χ2v) is 16.5. The van der Waals surface area contributed by atoms with E-state index in [9.17, 15) is 39.0 Å². The maximum Gasteiger partial charge on any atom is 0.327 e. The summed E-state index contributed by atoms with van der Waals surface area (Å²) in [6.45, 7) is 6.84. The number of nitrogens with one attached hydrogen (secondary N) is 4. The van der Waals surface area contributed by atoms with Gasteiger partial charge in [0.1, 0.15) is 41.6 Å². The first-order chi connectivity index (χ1) is 22.5. The van der Waals surface area contributed by atoms with Crippen LogP contribution in [0.1, 0.15) is 50.9 Å². The normalized spacial score (nSPS) is 27.1. The fourth-order valence-corrected chi connectivity index (χ4v) is 9.34. The van der Waals surface area contributed by atoms with Crippen LogP contribution in [0.3, 0.4) is 0 Å². The molecule has 4 amide bonds. The van der Waals surface area contributed by atoms with Crippen LogP contribution in [0.5, 0.6) is 0 Å². The Morgan fingerprint density at radius 3 is 1.94 bits per heavy atom. The molecule has 8 atom stereocenters. The van der Waals surface area contributed by atoms with E-state index in [0.29, 0.717) is 11.1 Å². The summed E-state index contributed by atoms with van der Waals surface area (Å²) in [5.74, 6) is -5.06. The lowest BCUT2D eigenvalue weighted by Gasteiger charge is -2.44. The molecule has 16 heteroatoms. The first-order valence-electron chi connectivity index (χ1n) is 15.2. The molecule has 3 fully saturated rings. The first-order valence-corrected chi connectivity index (χ1v) is 17.0. The molecule has 5 rings (SSSR count). The topological polar surface area (TPSA) is 220 Å². The molecule has 2 aromatic carbocycles. The number of amides is 4. The molecule has 3 saturated heterocycles. The van der Waals surface area contributed by atoms with Gasteiger partial charge in [0.2, 0.25) is 23.6 Å². The second kappa shape index (κ2) is 13.4. The van der Waals surface area contributed by atoms with E-state index in [4.69, 9.17) is 5.73 Å². The molecule has 3 aliphatic heterocycles. The molecular weight excluding hydrogens is 661 g/mol. The monoisotopic (exact) mass is 698 g/mol. The zero-order valence-electron chi connectivity index (χ0n) is 26.6. The van der Waals surface area contributed by atoms with Crippen molar-refractivity contribution in [3.63, 3.8) is 0 Å². The number of carboxylic acid groups (broad SMARTS) is 2. The van der Waals surface area contributed by atoms with Crippen LogP contribution in [0.4, 0.5) is 0 Å². The third-order valence-electron chi connectivity index (χ3n) is 8.68. The van der Waals surface area contributed by atoms with E-state index in [1.165, 1.54) is 16.7 Å². The van der Waals surface area contributed by atoms with Crippen molar-refractivity contribution in [2.75, 3.05) is 0 Å². The van der Waals surface area contributed by atoms with Gasteiger partial charge in [0.05, 0.1) is 5.37 Å². The smallest absolute Gasteiger partial charge is 0.327 e. The number of benzene rings is 2. The zero-order chi connectivity index (χ0) is 35.1. The van der Waals surface area contributed by atoms with Gasteiger partial charge in [-0.3, -0.25) is 29.3 Å². The van der Waals surface area contributed by atoms with Crippen molar-refractivity contribution in [2.45, 2.75) is 84.2 Å². The Bertz CT molecular complexity index is 1610. The summed E-state index contributed by atoms with van der Waals surface area (Å²) in [6.07, 6.45) is 0. The third kappa shape index (κ3) is 6.74. The lowest BCUT2D eigenvalue weighted by atomic mass is 9.95. The molecule has 0 aliphatic carbocycles. The standard InChI is InChI=1S/C32H38N6O8S2/c1-31(2)21(29(43)44)37-26(47-31)19(35-23(39)17(33)15-11-7-5-8-12-15)25(41)34-18(16-13-9-6-10-14-16)24(40)36-20-27(42)38-22(30(45)46)32(3,4)48-28(20)38/h5-14,17-22,26,28,37H,33H2,1-4H3,(H,34,41)(H,35,39)(H,36,40)(H,43,44)(H,45,46)/t17-,18-,19?,20-,21+,22?,26-,28-/m1/s1. The number of rotatable bonds is 11. The summed E-state index contributed by atoms with van der Waals surface area (Å²) in [4.78, 5) is 79.8. The van der Waals surface area contributed by atoms with Crippen molar-refractivity contribution in [2.24, 2.45) is 5.73 Å². The fourth-order valence-electron chi connectivity index (χ4n) is 6.22. The van der Waals surface area contributed by atoms with Crippen molar-refractivity contribution in [3.8, 4) is 0 Å². The van der Waals surface area contributed by atoms with Gasteiger partial charge in [-0.1, -0.05) is 60.7 Å². The van der Waals surface area contributed by atoms with Gasteiger partial charge in [-0.2, -0.15) is 0 Å². The van der Waals surface area contributed by atoms with Gasteiger partial charge in [0.15, 0.2) is 0 Å². The molecule has 3 heterocycles. The van der Waals surface area contributed by atoms with Crippen molar-refractivity contribution in [3.05, 3.63) is 71.8 Å². The molecule has 0 radical (unpaired) electrons. The summed E-state index contributed by atoms with van der Waals surface area (Å²) >= 11 is 2.41. The van der Waals surface area contributed by atoms with E-state index in [1.807, 2.05) is 0 Å². The van der Waals surface area contributed by atoms with Gasteiger partial charge >= 0.3 is 11.9 Å². The van der Waals surface area contributed by atoms with Crippen LogP contribution < -0.4 is 27.0 Å². The molecular formula is C32H38N6O8S2. The van der Waals surface area contributed by atoms with E-state index < -0.39 is 92.1 Å². The Morgan fingerprint density at radius 1 is 0.812 bits per heavy atom. The number of fused-ring (bicyclic) bond motifs is 1. The minimum atomic E-state index is -1.39. The zero-order valence-corrected chi connectivity index (χ0v) is 28.2. The maximum absolute atomic E-state index is 14.1. The lowest BCUT2D eigenvalue weighted by Crippen LogP contribution is -2.71. The molecule has 0 aromatic heterocycles. The van der Waals surface area contributed by atoms with Crippen molar-refractivity contribution in [1.82, 2.24) is 26.2 Å². The number of hydrogen-bond donors (Lipinski definition) is 7. The highest BCUT2D eigenvalue weighted by atomic mass is 32.2. The molecule has 8 N–H and O–H groups in total. The van der Waals surface area contributed by atoms with Gasteiger partial charge in [0, 0.05) is 9.49 Å². The van der Waals surface area contributed by atoms with Gasteiger partial charge in [-0.05, 0) is 38.8 Å². The Kier molecular flexibility index (Phi) is 9.83. The Hall–Kier alpha value is -4.12. The number of carbonyl (C=O) groups is 6. The minimum Gasteiger partial charge on any atom is -0.480 e. The van der Waals surface area contributed by atoms with Crippen LogP contribution >= 0.6 is 23.5 Å². The summed E-state index contributed by atoms with van der Waals surface area (Å²) in [7, 11) is 0. The van der Waals surface area contributed by atoms with Crippen LogP contribution in [-0.2, 0) is 28.8 Å². The number of aliphatic carboxylic acids is 2. The van der Waals surface area contributed by atoms with E-state index in [1.54, 1.807) is 88.4 Å². The third-order valence-corrected chi connectivity index (χ3v) is 11.8. The quantitative estimate of drug-likeness (QED) is 0.160. The number of nitrogens with zero attached hydrogens (tertiary/aromatic N) is 1. The molecule has 0 saturated carbocycles. The van der Waals surface area contributed by atoms with Gasteiger partial charge in [-0.15, -0.1) is 23.5 Å². The highest BCUT2D eigenvalue weighted by Crippen LogP contribution is 2.51. The van der Waals surface area contributed by atoms with Crippen LogP contribution in [0, 0.1) is 0 Å². The van der Waals surface area contributed by atoms with E-state index >= 15 is 0 Å². The Labute approximate surface area is 285 Å². The molecule has 256 valence electrons. The number of nitrogens with two attached hydrogens (primary N) is 1. The average Bonchev–Trinajstić information content (AvgIpc) is 3.50. The van der Waals surface area contributed by atoms with Crippen LogP contribution in [0.15, 0.2) is 60.7 Å². The fraction of sp³-hybridized carbons (Fsp3) is 0.438. The molecule has 2 aromatic rings. The summed E-state index contributed by atoms with van der Waals surface area (Å²) < 4.78 is -1.69. The number of β-lactam (4-membered cyclic amide) rings is 1. The van der Waals surface area contributed by atoms with Crippen LogP contribution in [0.2, 0.25) is 0 Å². The van der Waals surface area contributed by atoms with Gasteiger partial charge < -0.3 is 36.8 Å². The number of carbonyl (C=O) groups excluding carboxylic acids is 4. The molecule has 3 aliphatic rings. The number of carboxylic acids is 2. The van der Waals surface area contributed by atoms with Crippen molar-refractivity contribution < 1.29 is 39.0 Å². The summed E-state index contributed by atoms with van der Waals surface area (Å²) in [5.41, 5.74) is 7.09. The molecule has 0 spiro atoms. The van der Waals surface area contributed by atoms with Crippen LogP contribution in [-0.4, -0.2) is 95.1 Å². The number of thioether (sulfide) groups is 2. The summed E-state index contributed by atoms with van der Waals surface area (Å²) in [5, 5.41) is 29.1. The highest BCUT2D eigenvalue weighted by Gasteiger charge is 2.64. The molecule has 0 bridgehead atoms. The largest absolute Gasteiger partial charge is 0.480 e. The molecule has 2 unspecified atom stereocenters. The highest BCUT2D eigenvalue weighted by molar-refractivity contribution is 8.02. The summed E-state index contributed by atoms with van der Waals surface area (Å²) in [6, 6.07) is 9.73. The van der Waals surface area contributed by atoms with Gasteiger partial charge in [0.25, 0.3) is 0 Å². The average molecular weight is 699 g/mol. The molecule has 48 heavy (non-hydrogen) atoms. The minimum absolute atomic E-state index is 0.372. The lowest BCUT2D eigenvalue weighted by molar-refractivity contribution is -0.161.